The highest BCUT2D eigenvalue weighted by atomic mass is 35.5. The van der Waals surface area contributed by atoms with Crippen molar-refractivity contribution in [1.82, 2.24) is 9.97 Å². The molecule has 0 amide bonds. The van der Waals surface area contributed by atoms with Crippen LogP contribution in [-0.2, 0) is 9.53 Å². The van der Waals surface area contributed by atoms with E-state index in [2.05, 4.69) is 9.97 Å². The fourth-order valence-electron chi connectivity index (χ4n) is 1.08. The number of nitrogens with zero attached hydrogens (tertiary/aromatic N) is 2. The molecule has 1 unspecified atom stereocenters. The predicted octanol–water partition coefficient (Wildman–Crippen LogP) is 1.45. The van der Waals surface area contributed by atoms with Crippen molar-refractivity contribution in [2.24, 2.45) is 0 Å². The van der Waals surface area contributed by atoms with Crippen molar-refractivity contribution in [2.75, 3.05) is 13.7 Å². The lowest BCUT2D eigenvalue weighted by Crippen LogP contribution is -2.06. The summed E-state index contributed by atoms with van der Waals surface area (Å²) >= 11 is 5.61. The predicted molar refractivity (Wildman–Crippen MR) is 52.3 cm³/mol. The zero-order valence-corrected chi connectivity index (χ0v) is 8.57. The number of rotatable bonds is 5. The van der Waals surface area contributed by atoms with Gasteiger partial charge in [-0.3, -0.25) is 0 Å². The van der Waals surface area contributed by atoms with Gasteiger partial charge in [0, 0.05) is 19.9 Å². The smallest absolute Gasteiger partial charge is 0.222 e. The lowest BCUT2D eigenvalue weighted by molar-refractivity contribution is -0.109. The van der Waals surface area contributed by atoms with E-state index in [-0.39, 0.29) is 11.2 Å². The minimum Gasteiger partial charge on any atom is -0.385 e. The minimum absolute atomic E-state index is 0.159. The molecule has 5 heteroatoms. The summed E-state index contributed by atoms with van der Waals surface area (Å²) in [7, 11) is 1.59. The normalized spacial score (nSPS) is 12.4. The largest absolute Gasteiger partial charge is 0.385 e. The van der Waals surface area contributed by atoms with E-state index in [1.807, 2.05) is 0 Å². The summed E-state index contributed by atoms with van der Waals surface area (Å²) in [5.74, 6) is -0.268. The standard InChI is InChI=1S/C9H11ClN2O2/c1-14-5-3-7(6-13)8-2-4-11-9(10)12-8/h2,4,6-7H,3,5H2,1H3. The summed E-state index contributed by atoms with van der Waals surface area (Å²) in [6.07, 6.45) is 2.99. The number of ether oxygens (including phenoxy) is 1. The van der Waals surface area contributed by atoms with Gasteiger partial charge in [-0.15, -0.1) is 0 Å². The van der Waals surface area contributed by atoms with Crippen LogP contribution in [-0.4, -0.2) is 30.0 Å². The quantitative estimate of drug-likeness (QED) is 0.550. The molecule has 0 bridgehead atoms. The van der Waals surface area contributed by atoms with Gasteiger partial charge in [-0.25, -0.2) is 9.97 Å². The monoisotopic (exact) mass is 214 g/mol. The second-order valence-corrected chi connectivity index (χ2v) is 3.11. The fraction of sp³-hybridized carbons (Fsp3) is 0.444. The van der Waals surface area contributed by atoms with E-state index in [1.165, 1.54) is 6.20 Å². The number of hydrogen-bond donors (Lipinski definition) is 0. The van der Waals surface area contributed by atoms with Gasteiger partial charge in [-0.2, -0.15) is 0 Å². The number of aldehydes is 1. The lowest BCUT2D eigenvalue weighted by Gasteiger charge is -2.08. The third-order valence-corrected chi connectivity index (χ3v) is 2.01. The summed E-state index contributed by atoms with van der Waals surface area (Å²) in [5.41, 5.74) is 0.636. The van der Waals surface area contributed by atoms with Crippen LogP contribution >= 0.6 is 11.6 Å². The summed E-state index contributed by atoms with van der Waals surface area (Å²) in [6, 6.07) is 1.68. The molecule has 0 N–H and O–H groups in total. The van der Waals surface area contributed by atoms with Crippen molar-refractivity contribution < 1.29 is 9.53 Å². The summed E-state index contributed by atoms with van der Waals surface area (Å²) in [6.45, 7) is 0.519. The van der Waals surface area contributed by atoms with Crippen molar-refractivity contribution in [3.8, 4) is 0 Å². The van der Waals surface area contributed by atoms with Crippen LogP contribution in [0.5, 0.6) is 0 Å². The highest BCUT2D eigenvalue weighted by Crippen LogP contribution is 2.15. The van der Waals surface area contributed by atoms with Crippen molar-refractivity contribution in [1.29, 1.82) is 0 Å². The summed E-state index contributed by atoms with van der Waals surface area (Å²) < 4.78 is 4.89. The number of aromatic nitrogens is 2. The molecule has 1 heterocycles. The Morgan fingerprint density at radius 3 is 3.07 bits per heavy atom. The molecule has 0 saturated heterocycles. The van der Waals surface area contributed by atoms with E-state index in [1.54, 1.807) is 13.2 Å². The first-order chi connectivity index (χ1) is 6.77. The first-order valence-electron chi connectivity index (χ1n) is 4.20. The van der Waals surface area contributed by atoms with Crippen LogP contribution < -0.4 is 0 Å². The molecule has 4 nitrogen and oxygen atoms in total. The molecule has 0 fully saturated rings. The molecule has 0 aromatic carbocycles. The molecule has 0 aliphatic carbocycles. The number of carbonyl (C=O) groups excluding carboxylic acids is 1. The fourth-order valence-corrected chi connectivity index (χ4v) is 1.24. The van der Waals surface area contributed by atoms with E-state index in [0.29, 0.717) is 18.7 Å². The zero-order valence-electron chi connectivity index (χ0n) is 7.81. The van der Waals surface area contributed by atoms with Gasteiger partial charge in [-0.1, -0.05) is 0 Å². The van der Waals surface area contributed by atoms with Crippen LogP contribution in [0.3, 0.4) is 0 Å². The van der Waals surface area contributed by atoms with Crippen LogP contribution in [0, 0.1) is 0 Å². The molecule has 14 heavy (non-hydrogen) atoms. The molecule has 0 saturated carbocycles. The van der Waals surface area contributed by atoms with Crippen LogP contribution in [0.4, 0.5) is 0 Å². The first-order valence-corrected chi connectivity index (χ1v) is 4.58. The molecular weight excluding hydrogens is 204 g/mol. The Morgan fingerprint density at radius 1 is 1.71 bits per heavy atom. The molecule has 0 radical (unpaired) electrons. The molecule has 1 rings (SSSR count). The third kappa shape index (κ3) is 3.05. The third-order valence-electron chi connectivity index (χ3n) is 1.82. The maximum atomic E-state index is 10.8. The zero-order chi connectivity index (χ0) is 10.4. The van der Waals surface area contributed by atoms with Gasteiger partial charge in [0.25, 0.3) is 0 Å². The molecule has 76 valence electrons. The molecule has 1 atom stereocenters. The van der Waals surface area contributed by atoms with Crippen LogP contribution in [0.2, 0.25) is 5.28 Å². The molecule has 0 spiro atoms. The van der Waals surface area contributed by atoms with E-state index >= 15 is 0 Å². The Kier molecular flexibility index (Phi) is 4.49. The Balaban J connectivity index is 2.73. The van der Waals surface area contributed by atoms with Crippen LogP contribution in [0.25, 0.3) is 0 Å². The summed E-state index contributed by atoms with van der Waals surface area (Å²) in [5, 5.41) is 0.159. The van der Waals surface area contributed by atoms with Gasteiger partial charge in [0.05, 0.1) is 11.6 Å². The van der Waals surface area contributed by atoms with Gasteiger partial charge in [0.1, 0.15) is 6.29 Å². The van der Waals surface area contributed by atoms with Crippen LogP contribution in [0.1, 0.15) is 18.0 Å². The Hall–Kier alpha value is -1.000. The van der Waals surface area contributed by atoms with Crippen LogP contribution in [0.15, 0.2) is 12.3 Å². The minimum atomic E-state index is -0.268. The highest BCUT2D eigenvalue weighted by molar-refractivity contribution is 6.28. The Labute approximate surface area is 87.3 Å². The van der Waals surface area contributed by atoms with Gasteiger partial charge in [-0.05, 0) is 24.1 Å². The molecule has 0 aliphatic heterocycles. The van der Waals surface area contributed by atoms with Crippen molar-refractivity contribution in [3.63, 3.8) is 0 Å². The molecule has 1 aromatic rings. The summed E-state index contributed by atoms with van der Waals surface area (Å²) in [4.78, 5) is 18.5. The van der Waals surface area contributed by atoms with Gasteiger partial charge in [0.2, 0.25) is 5.28 Å². The van der Waals surface area contributed by atoms with Gasteiger partial charge in [0.15, 0.2) is 0 Å². The number of halogens is 1. The highest BCUT2D eigenvalue weighted by Gasteiger charge is 2.11. The Morgan fingerprint density at radius 2 is 2.50 bits per heavy atom. The second kappa shape index (κ2) is 5.67. The second-order valence-electron chi connectivity index (χ2n) is 2.77. The van der Waals surface area contributed by atoms with Crippen molar-refractivity contribution in [2.45, 2.75) is 12.3 Å². The number of carbonyl (C=O) groups is 1. The maximum absolute atomic E-state index is 10.8. The van der Waals surface area contributed by atoms with E-state index in [0.717, 1.165) is 6.29 Å². The van der Waals surface area contributed by atoms with Crippen molar-refractivity contribution in [3.05, 3.63) is 23.2 Å². The lowest BCUT2D eigenvalue weighted by atomic mass is 10.0. The SMILES string of the molecule is COCCC(C=O)c1ccnc(Cl)n1. The average Bonchev–Trinajstić information content (AvgIpc) is 2.19. The van der Waals surface area contributed by atoms with Crippen molar-refractivity contribution >= 4 is 17.9 Å². The van der Waals surface area contributed by atoms with Gasteiger partial charge < -0.3 is 9.53 Å². The maximum Gasteiger partial charge on any atom is 0.222 e. The van der Waals surface area contributed by atoms with E-state index in [4.69, 9.17) is 16.3 Å². The molecule has 0 aliphatic rings. The van der Waals surface area contributed by atoms with Gasteiger partial charge >= 0.3 is 0 Å². The number of methoxy groups -OCH3 is 1. The van der Waals surface area contributed by atoms with E-state index < -0.39 is 0 Å². The first kappa shape index (κ1) is 11.1. The molecule has 1 aromatic heterocycles. The topological polar surface area (TPSA) is 52.1 Å². The molecular formula is C9H11ClN2O2. The average molecular weight is 215 g/mol. The van der Waals surface area contributed by atoms with E-state index in [9.17, 15) is 4.79 Å². The number of hydrogen-bond acceptors (Lipinski definition) is 4. The Bertz CT molecular complexity index is 307.